The smallest absolute Gasteiger partial charge is 0.240 e. The number of rotatable bonds is 9. The normalized spacial score (nSPS) is 11.7. The number of nitrogens with zero attached hydrogens (tertiary/aromatic N) is 2. The van der Waals surface area contributed by atoms with E-state index in [4.69, 9.17) is 0 Å². The van der Waals surface area contributed by atoms with Gasteiger partial charge in [0.2, 0.25) is 15.9 Å². The van der Waals surface area contributed by atoms with Gasteiger partial charge in [-0.3, -0.25) is 4.79 Å². The first-order chi connectivity index (χ1) is 14.3. The number of fused-ring (bicyclic) bond motifs is 1. The first-order valence-electron chi connectivity index (χ1n) is 10.0. The van der Waals surface area contributed by atoms with Crippen LogP contribution in [-0.2, 0) is 21.4 Å². The SMILES string of the molecule is Cc1ccc(C)c(S(=O)(=O)NCCC(=O)NCCCn2c(C)nc3ccccc32)c1. The van der Waals surface area contributed by atoms with E-state index in [1.165, 1.54) is 0 Å². The van der Waals surface area contributed by atoms with Gasteiger partial charge in [0.25, 0.3) is 0 Å². The molecular weight excluding hydrogens is 400 g/mol. The molecular formula is C22H28N4O3S. The molecule has 1 amide bonds. The van der Waals surface area contributed by atoms with Crippen molar-refractivity contribution in [3.63, 3.8) is 0 Å². The minimum Gasteiger partial charge on any atom is -0.356 e. The highest BCUT2D eigenvalue weighted by molar-refractivity contribution is 7.89. The zero-order valence-electron chi connectivity index (χ0n) is 17.6. The van der Waals surface area contributed by atoms with Crippen molar-refractivity contribution >= 4 is 27.0 Å². The summed E-state index contributed by atoms with van der Waals surface area (Å²) >= 11 is 0. The van der Waals surface area contributed by atoms with Crippen molar-refractivity contribution < 1.29 is 13.2 Å². The molecule has 30 heavy (non-hydrogen) atoms. The molecule has 0 unspecified atom stereocenters. The first-order valence-corrected chi connectivity index (χ1v) is 11.5. The summed E-state index contributed by atoms with van der Waals surface area (Å²) in [5.41, 5.74) is 3.61. The summed E-state index contributed by atoms with van der Waals surface area (Å²) in [7, 11) is -3.63. The number of carbonyl (C=O) groups is 1. The van der Waals surface area contributed by atoms with E-state index in [-0.39, 0.29) is 23.8 Å². The summed E-state index contributed by atoms with van der Waals surface area (Å²) < 4.78 is 29.6. The number of aromatic nitrogens is 2. The number of carbonyl (C=O) groups excluding carboxylic acids is 1. The molecule has 0 aliphatic heterocycles. The van der Waals surface area contributed by atoms with Crippen LogP contribution in [0.3, 0.4) is 0 Å². The third kappa shape index (κ3) is 5.25. The summed E-state index contributed by atoms with van der Waals surface area (Å²) in [5.74, 6) is 0.772. The van der Waals surface area contributed by atoms with Crippen molar-refractivity contribution in [2.75, 3.05) is 13.1 Å². The number of hydrogen-bond acceptors (Lipinski definition) is 4. The van der Waals surface area contributed by atoms with Crippen molar-refractivity contribution in [2.24, 2.45) is 0 Å². The fraction of sp³-hybridized carbons (Fsp3) is 0.364. The maximum absolute atomic E-state index is 12.5. The molecule has 1 heterocycles. The second-order valence-corrected chi connectivity index (χ2v) is 9.15. The van der Waals surface area contributed by atoms with Crippen molar-refractivity contribution in [2.45, 2.75) is 45.1 Å². The molecule has 3 aromatic rings. The summed E-state index contributed by atoms with van der Waals surface area (Å²) in [6, 6.07) is 13.3. The van der Waals surface area contributed by atoms with Crippen LogP contribution >= 0.6 is 0 Å². The van der Waals surface area contributed by atoms with Gasteiger partial charge < -0.3 is 9.88 Å². The Balaban J connectivity index is 1.43. The molecule has 0 radical (unpaired) electrons. The zero-order chi connectivity index (χ0) is 21.7. The Morgan fingerprint density at radius 1 is 1.07 bits per heavy atom. The highest BCUT2D eigenvalue weighted by Gasteiger charge is 2.17. The second-order valence-electron chi connectivity index (χ2n) is 7.42. The molecule has 8 heteroatoms. The molecule has 0 saturated heterocycles. The number of aryl methyl sites for hydroxylation is 4. The minimum absolute atomic E-state index is 0.0623. The average Bonchev–Trinajstić information content (AvgIpc) is 3.02. The number of nitrogens with one attached hydrogen (secondary N) is 2. The van der Waals surface area contributed by atoms with Crippen molar-refractivity contribution in [1.82, 2.24) is 19.6 Å². The van der Waals surface area contributed by atoms with E-state index in [0.29, 0.717) is 12.1 Å². The zero-order valence-corrected chi connectivity index (χ0v) is 18.4. The molecule has 0 bridgehead atoms. The van der Waals surface area contributed by atoms with E-state index in [2.05, 4.69) is 19.6 Å². The molecule has 0 aliphatic carbocycles. The predicted molar refractivity (Wildman–Crippen MR) is 118 cm³/mol. The summed E-state index contributed by atoms with van der Waals surface area (Å²) in [5, 5.41) is 2.85. The van der Waals surface area contributed by atoms with Gasteiger partial charge in [0, 0.05) is 26.1 Å². The van der Waals surface area contributed by atoms with E-state index < -0.39 is 10.0 Å². The number of para-hydroxylation sites is 2. The van der Waals surface area contributed by atoms with Gasteiger partial charge in [-0.2, -0.15) is 0 Å². The largest absolute Gasteiger partial charge is 0.356 e. The maximum Gasteiger partial charge on any atom is 0.240 e. The Bertz CT molecular complexity index is 1150. The van der Waals surface area contributed by atoms with Crippen LogP contribution in [-0.4, -0.2) is 37.0 Å². The molecule has 0 fully saturated rings. The molecule has 160 valence electrons. The molecule has 2 N–H and O–H groups in total. The molecule has 1 aromatic heterocycles. The van der Waals surface area contributed by atoms with Crippen molar-refractivity contribution in [3.05, 3.63) is 59.4 Å². The first kappa shape index (κ1) is 22.0. The monoisotopic (exact) mass is 428 g/mol. The fourth-order valence-electron chi connectivity index (χ4n) is 3.41. The van der Waals surface area contributed by atoms with Crippen LogP contribution in [0.5, 0.6) is 0 Å². The molecule has 0 saturated carbocycles. The Hall–Kier alpha value is -2.71. The van der Waals surface area contributed by atoms with E-state index in [1.807, 2.05) is 44.2 Å². The molecule has 0 atom stereocenters. The number of sulfonamides is 1. The highest BCUT2D eigenvalue weighted by Crippen LogP contribution is 2.17. The maximum atomic E-state index is 12.5. The number of imidazole rings is 1. The minimum atomic E-state index is -3.63. The van der Waals surface area contributed by atoms with E-state index in [1.54, 1.807) is 19.1 Å². The van der Waals surface area contributed by atoms with Gasteiger partial charge >= 0.3 is 0 Å². The van der Waals surface area contributed by atoms with Gasteiger partial charge in [-0.25, -0.2) is 18.1 Å². The van der Waals surface area contributed by atoms with Crippen molar-refractivity contribution in [3.8, 4) is 0 Å². The lowest BCUT2D eigenvalue weighted by atomic mass is 10.2. The standard InChI is InChI=1S/C22H28N4O3S/c1-16-9-10-17(2)21(15-16)30(28,29)24-13-11-22(27)23-12-6-14-26-18(3)25-19-7-4-5-8-20(19)26/h4-5,7-10,15,24H,6,11-14H2,1-3H3,(H,23,27). The van der Waals surface area contributed by atoms with Crippen LogP contribution in [0.15, 0.2) is 47.4 Å². The Morgan fingerprint density at radius 3 is 2.63 bits per heavy atom. The predicted octanol–water partition coefficient (Wildman–Crippen LogP) is 2.84. The van der Waals surface area contributed by atoms with E-state index >= 15 is 0 Å². The van der Waals surface area contributed by atoms with E-state index in [0.717, 1.165) is 35.4 Å². The van der Waals surface area contributed by atoms with Crippen LogP contribution in [0.25, 0.3) is 11.0 Å². The van der Waals surface area contributed by atoms with Gasteiger partial charge in [0.05, 0.1) is 15.9 Å². The van der Waals surface area contributed by atoms with Crippen LogP contribution < -0.4 is 10.0 Å². The van der Waals surface area contributed by atoms with Gasteiger partial charge in [-0.1, -0.05) is 24.3 Å². The molecule has 0 spiro atoms. The van der Waals surface area contributed by atoms with Gasteiger partial charge in [0.15, 0.2) is 0 Å². The van der Waals surface area contributed by atoms with Gasteiger partial charge in [-0.15, -0.1) is 0 Å². The number of hydrogen-bond donors (Lipinski definition) is 2. The average molecular weight is 429 g/mol. The third-order valence-corrected chi connectivity index (χ3v) is 6.61. The quantitative estimate of drug-likeness (QED) is 0.513. The lowest BCUT2D eigenvalue weighted by Gasteiger charge is -2.11. The van der Waals surface area contributed by atoms with E-state index in [9.17, 15) is 13.2 Å². The number of benzene rings is 2. The fourth-order valence-corrected chi connectivity index (χ4v) is 4.76. The third-order valence-electron chi connectivity index (χ3n) is 5.00. The Morgan fingerprint density at radius 2 is 1.83 bits per heavy atom. The van der Waals surface area contributed by atoms with Crippen LogP contribution in [0.4, 0.5) is 0 Å². The van der Waals surface area contributed by atoms with Gasteiger partial charge in [-0.05, 0) is 56.5 Å². The molecule has 7 nitrogen and oxygen atoms in total. The molecule has 0 aliphatic rings. The lowest BCUT2D eigenvalue weighted by Crippen LogP contribution is -2.31. The highest BCUT2D eigenvalue weighted by atomic mass is 32.2. The summed E-state index contributed by atoms with van der Waals surface area (Å²) in [6.07, 6.45) is 0.859. The summed E-state index contributed by atoms with van der Waals surface area (Å²) in [6.45, 7) is 6.92. The Labute approximate surface area is 177 Å². The summed E-state index contributed by atoms with van der Waals surface area (Å²) in [4.78, 5) is 16.9. The molecule has 2 aromatic carbocycles. The lowest BCUT2D eigenvalue weighted by molar-refractivity contribution is -0.120. The number of amides is 1. The van der Waals surface area contributed by atoms with Crippen LogP contribution in [0.1, 0.15) is 29.8 Å². The molecule has 3 rings (SSSR count). The second kappa shape index (κ2) is 9.40. The van der Waals surface area contributed by atoms with Gasteiger partial charge in [0.1, 0.15) is 5.82 Å². The van der Waals surface area contributed by atoms with Crippen LogP contribution in [0, 0.1) is 20.8 Å². The topological polar surface area (TPSA) is 93.1 Å². The van der Waals surface area contributed by atoms with Crippen molar-refractivity contribution in [1.29, 1.82) is 0 Å². The van der Waals surface area contributed by atoms with Crippen LogP contribution in [0.2, 0.25) is 0 Å². The Kier molecular flexibility index (Phi) is 6.89.